The summed E-state index contributed by atoms with van der Waals surface area (Å²) in [5.41, 5.74) is 18.0. The Morgan fingerprint density at radius 3 is 2.58 bits per heavy atom. The van der Waals surface area contributed by atoms with Gasteiger partial charge in [-0.2, -0.15) is 0 Å². The topological polar surface area (TPSA) is 101 Å². The number of nitrogens with zero attached hydrogens (tertiary/aromatic N) is 2. The van der Waals surface area contributed by atoms with Gasteiger partial charge in [0.25, 0.3) is 0 Å². The number of aliphatic imine (C=N–C) groups is 1. The zero-order valence-electron chi connectivity index (χ0n) is 21.3. The molecule has 1 fully saturated rings. The highest BCUT2D eigenvalue weighted by Gasteiger charge is 2.16. The molecular formula is C28H38N6OS. The monoisotopic (exact) mass is 506 g/mol. The lowest BCUT2D eigenvalue weighted by atomic mass is 9.92. The number of nitrogens with two attached hydrogens (primary N) is 2. The van der Waals surface area contributed by atoms with Crippen LogP contribution < -0.4 is 26.2 Å². The van der Waals surface area contributed by atoms with Crippen molar-refractivity contribution in [2.45, 2.75) is 44.4 Å². The molecule has 2 aliphatic rings. The van der Waals surface area contributed by atoms with Crippen LogP contribution in [-0.4, -0.2) is 43.6 Å². The summed E-state index contributed by atoms with van der Waals surface area (Å²) in [4.78, 5) is 8.20. The molecule has 0 amide bonds. The second-order valence-electron chi connectivity index (χ2n) is 9.11. The summed E-state index contributed by atoms with van der Waals surface area (Å²) in [6.07, 6.45) is 9.24. The lowest BCUT2D eigenvalue weighted by Gasteiger charge is -2.18. The van der Waals surface area contributed by atoms with Gasteiger partial charge in [0.1, 0.15) is 5.75 Å². The number of allylic oxidation sites excluding steroid dienone is 4. The molecule has 0 aromatic heterocycles. The van der Waals surface area contributed by atoms with Gasteiger partial charge in [-0.3, -0.25) is 4.72 Å². The van der Waals surface area contributed by atoms with E-state index in [0.717, 1.165) is 47.8 Å². The molecule has 36 heavy (non-hydrogen) atoms. The third-order valence-electron chi connectivity index (χ3n) is 6.40. The zero-order valence-corrected chi connectivity index (χ0v) is 22.2. The Morgan fingerprint density at radius 2 is 1.86 bits per heavy atom. The minimum atomic E-state index is 0.272. The first-order valence-electron chi connectivity index (χ1n) is 12.8. The SMILES string of the molecule is CCOc1cc(N=C(N)Nc2ccc(SNCCN3CCCC3)cc2)c(N)cc1C1=CCCC=C1C. The van der Waals surface area contributed by atoms with Crippen molar-refractivity contribution in [3.05, 3.63) is 59.7 Å². The maximum Gasteiger partial charge on any atom is 0.198 e. The number of ether oxygens (including phenoxy) is 1. The Kier molecular flexibility index (Phi) is 9.33. The molecule has 0 spiro atoms. The normalized spacial score (nSPS) is 16.6. The Morgan fingerprint density at radius 1 is 1.11 bits per heavy atom. The molecule has 1 saturated heterocycles. The van der Waals surface area contributed by atoms with Crippen LogP contribution >= 0.6 is 11.9 Å². The molecule has 1 heterocycles. The molecule has 1 aliphatic carbocycles. The largest absolute Gasteiger partial charge is 0.493 e. The van der Waals surface area contributed by atoms with Crippen LogP contribution in [0.3, 0.4) is 0 Å². The van der Waals surface area contributed by atoms with Crippen LogP contribution in [-0.2, 0) is 0 Å². The van der Waals surface area contributed by atoms with Crippen molar-refractivity contribution in [3.63, 3.8) is 0 Å². The molecule has 0 atom stereocenters. The number of hydrogen-bond donors (Lipinski definition) is 4. The van der Waals surface area contributed by atoms with Crippen molar-refractivity contribution in [1.29, 1.82) is 0 Å². The molecule has 0 bridgehead atoms. The number of nitrogen functional groups attached to an aromatic ring is 1. The standard InChI is InChI=1S/C28H38N6OS/c1-3-35-27-19-26(25(29)18-24(27)23-9-5-4-8-20(23)2)33-28(30)32-21-10-12-22(13-11-21)36-31-14-17-34-15-6-7-16-34/h8-13,18-19,31H,3-7,14-17,29H2,1-2H3,(H3,30,32,33). The third-order valence-corrected chi connectivity index (χ3v) is 7.25. The molecule has 192 valence electrons. The quantitative estimate of drug-likeness (QED) is 0.110. The summed E-state index contributed by atoms with van der Waals surface area (Å²) >= 11 is 1.65. The average Bonchev–Trinajstić information content (AvgIpc) is 3.39. The van der Waals surface area contributed by atoms with E-state index in [1.54, 1.807) is 11.9 Å². The van der Waals surface area contributed by atoms with E-state index < -0.39 is 0 Å². The number of anilines is 2. The second kappa shape index (κ2) is 12.9. The van der Waals surface area contributed by atoms with Crippen LogP contribution in [0.4, 0.5) is 17.1 Å². The molecule has 1 aliphatic heterocycles. The van der Waals surface area contributed by atoms with E-state index in [9.17, 15) is 0 Å². The number of likely N-dealkylation sites (tertiary alicyclic amines) is 1. The Balaban J connectivity index is 1.38. The number of nitrogens with one attached hydrogen (secondary N) is 2. The maximum atomic E-state index is 6.39. The van der Waals surface area contributed by atoms with Gasteiger partial charge in [0, 0.05) is 35.3 Å². The van der Waals surface area contributed by atoms with Crippen LogP contribution in [0.15, 0.2) is 64.0 Å². The summed E-state index contributed by atoms with van der Waals surface area (Å²) in [6.45, 7) is 9.19. The Bertz CT molecular complexity index is 1120. The minimum absolute atomic E-state index is 0.272. The van der Waals surface area contributed by atoms with Gasteiger partial charge in [0.2, 0.25) is 0 Å². The van der Waals surface area contributed by atoms with Crippen molar-refractivity contribution in [2.24, 2.45) is 10.7 Å². The predicted octanol–water partition coefficient (Wildman–Crippen LogP) is 5.54. The molecule has 0 unspecified atom stereocenters. The molecule has 0 saturated carbocycles. The van der Waals surface area contributed by atoms with Gasteiger partial charge in [-0.1, -0.05) is 12.2 Å². The molecule has 4 rings (SSSR count). The van der Waals surface area contributed by atoms with Crippen molar-refractivity contribution in [2.75, 3.05) is 43.8 Å². The van der Waals surface area contributed by atoms with E-state index in [4.69, 9.17) is 16.2 Å². The van der Waals surface area contributed by atoms with Crippen molar-refractivity contribution in [3.8, 4) is 5.75 Å². The van der Waals surface area contributed by atoms with Gasteiger partial charge in [0.15, 0.2) is 5.96 Å². The fourth-order valence-corrected chi connectivity index (χ4v) is 5.18. The van der Waals surface area contributed by atoms with E-state index in [-0.39, 0.29) is 5.96 Å². The maximum absolute atomic E-state index is 6.39. The highest BCUT2D eigenvalue weighted by Crippen LogP contribution is 2.39. The zero-order chi connectivity index (χ0) is 25.3. The van der Waals surface area contributed by atoms with Crippen molar-refractivity contribution >= 4 is 40.5 Å². The number of rotatable bonds is 10. The summed E-state index contributed by atoms with van der Waals surface area (Å²) in [5.74, 6) is 1.03. The Hall–Kier alpha value is -2.94. The van der Waals surface area contributed by atoms with Gasteiger partial charge in [-0.05, 0) is 106 Å². The summed E-state index contributed by atoms with van der Waals surface area (Å²) < 4.78 is 9.40. The molecule has 7 nitrogen and oxygen atoms in total. The lowest BCUT2D eigenvalue weighted by Crippen LogP contribution is -2.27. The van der Waals surface area contributed by atoms with Gasteiger partial charge >= 0.3 is 0 Å². The highest BCUT2D eigenvalue weighted by molar-refractivity contribution is 7.97. The van der Waals surface area contributed by atoms with E-state index in [1.165, 1.54) is 37.1 Å². The van der Waals surface area contributed by atoms with Crippen LogP contribution in [0, 0.1) is 0 Å². The lowest BCUT2D eigenvalue weighted by molar-refractivity contribution is 0.339. The molecule has 0 radical (unpaired) electrons. The number of guanidine groups is 1. The van der Waals surface area contributed by atoms with Gasteiger partial charge < -0.3 is 26.4 Å². The highest BCUT2D eigenvalue weighted by atomic mass is 32.2. The summed E-state index contributed by atoms with van der Waals surface area (Å²) in [5, 5.41) is 3.16. The number of benzene rings is 2. The fourth-order valence-electron chi connectivity index (χ4n) is 4.55. The summed E-state index contributed by atoms with van der Waals surface area (Å²) in [6, 6.07) is 11.9. The predicted molar refractivity (Wildman–Crippen MR) is 154 cm³/mol. The van der Waals surface area contributed by atoms with Crippen LogP contribution in [0.2, 0.25) is 0 Å². The van der Waals surface area contributed by atoms with Gasteiger partial charge in [-0.25, -0.2) is 4.99 Å². The first-order chi connectivity index (χ1) is 17.5. The van der Waals surface area contributed by atoms with Crippen LogP contribution in [0.5, 0.6) is 5.75 Å². The third kappa shape index (κ3) is 7.06. The molecule has 8 heteroatoms. The number of hydrogen-bond acceptors (Lipinski definition) is 6. The van der Waals surface area contributed by atoms with E-state index in [0.29, 0.717) is 18.0 Å². The summed E-state index contributed by atoms with van der Waals surface area (Å²) in [7, 11) is 0. The second-order valence-corrected chi connectivity index (χ2v) is 10.1. The van der Waals surface area contributed by atoms with Crippen molar-refractivity contribution in [1.82, 2.24) is 9.62 Å². The molecule has 2 aromatic carbocycles. The van der Waals surface area contributed by atoms with Crippen LogP contribution in [0.25, 0.3) is 5.57 Å². The molecular weight excluding hydrogens is 468 g/mol. The first-order valence-corrected chi connectivity index (χ1v) is 13.6. The van der Waals surface area contributed by atoms with E-state index in [1.807, 2.05) is 31.2 Å². The van der Waals surface area contributed by atoms with E-state index >= 15 is 0 Å². The molecule has 6 N–H and O–H groups in total. The molecule has 2 aromatic rings. The minimum Gasteiger partial charge on any atom is -0.493 e. The fraction of sp³-hybridized carbons (Fsp3) is 0.393. The van der Waals surface area contributed by atoms with E-state index in [2.05, 4.69) is 51.1 Å². The smallest absolute Gasteiger partial charge is 0.198 e. The van der Waals surface area contributed by atoms with Gasteiger partial charge in [-0.15, -0.1) is 0 Å². The first kappa shape index (κ1) is 26.1. The average molecular weight is 507 g/mol. The Labute approximate surface area is 219 Å². The van der Waals surface area contributed by atoms with Crippen LogP contribution in [0.1, 0.15) is 45.1 Å². The van der Waals surface area contributed by atoms with Gasteiger partial charge in [0.05, 0.1) is 18.0 Å². The van der Waals surface area contributed by atoms with Crippen molar-refractivity contribution < 1.29 is 4.74 Å².